The van der Waals surface area contributed by atoms with Crippen molar-refractivity contribution in [3.8, 4) is 0 Å². The summed E-state index contributed by atoms with van der Waals surface area (Å²) < 4.78 is 39.1. The van der Waals surface area contributed by atoms with Gasteiger partial charge in [0.1, 0.15) is 0 Å². The quantitative estimate of drug-likeness (QED) is 0.384. The number of rotatable bonds is 4. The summed E-state index contributed by atoms with van der Waals surface area (Å²) in [4.78, 5) is 3.95. The van der Waals surface area contributed by atoms with Gasteiger partial charge in [0.25, 0.3) is 0 Å². The van der Waals surface area contributed by atoms with Crippen LogP contribution in [0.15, 0.2) is 27.7 Å². The number of hydrogen-bond acceptors (Lipinski definition) is 1. The fourth-order valence-corrected chi connectivity index (χ4v) is 1.88. The van der Waals surface area contributed by atoms with Crippen molar-refractivity contribution in [1.29, 1.82) is 0 Å². The van der Waals surface area contributed by atoms with Gasteiger partial charge in [0.05, 0.1) is 12.1 Å². The van der Waals surface area contributed by atoms with E-state index >= 15 is 0 Å². The zero-order valence-electron chi connectivity index (χ0n) is 11.7. The molecule has 0 fully saturated rings. The SMILES string of the molecule is CCC(C)NC(N)=NCc1ccc(Br)cc1C(F)(F)F.I. The second-order valence-electron chi connectivity index (χ2n) is 4.45. The minimum Gasteiger partial charge on any atom is -0.370 e. The van der Waals surface area contributed by atoms with Crippen LogP contribution in [0.1, 0.15) is 31.4 Å². The molecule has 0 spiro atoms. The maximum Gasteiger partial charge on any atom is 0.416 e. The second kappa shape index (κ2) is 8.82. The summed E-state index contributed by atoms with van der Waals surface area (Å²) in [6.07, 6.45) is -3.56. The molecule has 1 aromatic carbocycles. The maximum absolute atomic E-state index is 12.9. The molecule has 0 heterocycles. The summed E-state index contributed by atoms with van der Waals surface area (Å²) in [5.74, 6) is 0.149. The molecule has 1 atom stereocenters. The number of aliphatic imine (C=N–C) groups is 1. The number of halogens is 5. The Bertz CT molecular complexity index is 492. The second-order valence-corrected chi connectivity index (χ2v) is 5.37. The van der Waals surface area contributed by atoms with Gasteiger partial charge in [0.15, 0.2) is 5.96 Å². The summed E-state index contributed by atoms with van der Waals surface area (Å²) >= 11 is 3.04. The van der Waals surface area contributed by atoms with Crippen LogP contribution in [0, 0.1) is 0 Å². The van der Waals surface area contributed by atoms with Crippen molar-refractivity contribution in [3.63, 3.8) is 0 Å². The molecule has 21 heavy (non-hydrogen) atoms. The van der Waals surface area contributed by atoms with Crippen molar-refractivity contribution in [2.24, 2.45) is 10.7 Å². The van der Waals surface area contributed by atoms with E-state index in [-0.39, 0.29) is 48.1 Å². The van der Waals surface area contributed by atoms with Gasteiger partial charge in [-0.1, -0.05) is 28.9 Å². The van der Waals surface area contributed by atoms with E-state index in [0.29, 0.717) is 4.47 Å². The summed E-state index contributed by atoms with van der Waals surface area (Å²) in [5.41, 5.74) is 5.03. The molecule has 0 aromatic heterocycles. The Morgan fingerprint density at radius 1 is 1.43 bits per heavy atom. The first kappa shape index (κ1) is 20.5. The van der Waals surface area contributed by atoms with E-state index in [1.54, 1.807) is 6.07 Å². The summed E-state index contributed by atoms with van der Waals surface area (Å²) in [6, 6.07) is 4.12. The van der Waals surface area contributed by atoms with E-state index in [4.69, 9.17) is 5.73 Å². The molecular formula is C13H18BrF3IN3. The van der Waals surface area contributed by atoms with Crippen LogP contribution in [0.3, 0.4) is 0 Å². The lowest BCUT2D eigenvalue weighted by Gasteiger charge is -2.14. The predicted octanol–water partition coefficient (Wildman–Crippen LogP) is 4.29. The van der Waals surface area contributed by atoms with Crippen LogP contribution < -0.4 is 11.1 Å². The van der Waals surface area contributed by atoms with Crippen molar-refractivity contribution >= 4 is 45.9 Å². The Balaban J connectivity index is 0.00000400. The first-order chi connectivity index (χ1) is 9.24. The Kier molecular flexibility index (Phi) is 8.60. The summed E-state index contributed by atoms with van der Waals surface area (Å²) in [6.45, 7) is 3.78. The minimum absolute atomic E-state index is 0. The standard InChI is InChI=1S/C13H17BrF3N3.HI/c1-3-8(2)20-12(18)19-7-9-4-5-10(14)6-11(9)13(15,16)17;/h4-6,8H,3,7H2,1-2H3,(H3,18,19,20);1H. The topological polar surface area (TPSA) is 50.4 Å². The molecule has 0 bridgehead atoms. The third-order valence-corrected chi connectivity index (χ3v) is 3.30. The Labute approximate surface area is 147 Å². The average Bonchev–Trinajstić information content (AvgIpc) is 2.36. The largest absolute Gasteiger partial charge is 0.416 e. The molecule has 0 aliphatic carbocycles. The van der Waals surface area contributed by atoms with Crippen LogP contribution in [0.4, 0.5) is 13.2 Å². The molecule has 1 rings (SSSR count). The molecule has 0 aliphatic heterocycles. The number of guanidine groups is 1. The molecule has 120 valence electrons. The van der Waals surface area contributed by atoms with Crippen molar-refractivity contribution in [3.05, 3.63) is 33.8 Å². The van der Waals surface area contributed by atoms with Gasteiger partial charge >= 0.3 is 6.18 Å². The van der Waals surface area contributed by atoms with Crippen LogP contribution in [-0.4, -0.2) is 12.0 Å². The zero-order chi connectivity index (χ0) is 15.3. The molecule has 0 radical (unpaired) electrons. The zero-order valence-corrected chi connectivity index (χ0v) is 15.6. The Hall–Kier alpha value is -0.510. The molecule has 0 saturated heterocycles. The van der Waals surface area contributed by atoms with Crippen LogP contribution in [-0.2, 0) is 12.7 Å². The van der Waals surface area contributed by atoms with Crippen molar-refractivity contribution < 1.29 is 13.2 Å². The molecule has 8 heteroatoms. The number of nitrogens with one attached hydrogen (secondary N) is 1. The average molecular weight is 480 g/mol. The first-order valence-electron chi connectivity index (χ1n) is 6.16. The highest BCUT2D eigenvalue weighted by molar-refractivity contribution is 14.0. The van der Waals surface area contributed by atoms with E-state index in [0.717, 1.165) is 12.5 Å². The number of hydrogen-bond donors (Lipinski definition) is 2. The summed E-state index contributed by atoms with van der Waals surface area (Å²) in [7, 11) is 0. The molecular weight excluding hydrogens is 462 g/mol. The number of nitrogens with zero attached hydrogens (tertiary/aromatic N) is 1. The lowest BCUT2D eigenvalue weighted by molar-refractivity contribution is -0.138. The third kappa shape index (κ3) is 6.86. The lowest BCUT2D eigenvalue weighted by Crippen LogP contribution is -2.38. The minimum atomic E-state index is -4.41. The van der Waals surface area contributed by atoms with Crippen molar-refractivity contribution in [1.82, 2.24) is 5.32 Å². The van der Waals surface area contributed by atoms with E-state index in [9.17, 15) is 13.2 Å². The Morgan fingerprint density at radius 2 is 2.05 bits per heavy atom. The van der Waals surface area contributed by atoms with Gasteiger partial charge in [-0.2, -0.15) is 13.2 Å². The van der Waals surface area contributed by atoms with Gasteiger partial charge in [0.2, 0.25) is 0 Å². The maximum atomic E-state index is 12.9. The van der Waals surface area contributed by atoms with Gasteiger partial charge in [-0.3, -0.25) is 0 Å². The van der Waals surface area contributed by atoms with Crippen molar-refractivity contribution in [2.75, 3.05) is 0 Å². The molecule has 0 saturated carbocycles. The van der Waals surface area contributed by atoms with Gasteiger partial charge in [-0.25, -0.2) is 4.99 Å². The molecule has 1 aromatic rings. The van der Waals surface area contributed by atoms with Crippen LogP contribution >= 0.6 is 39.9 Å². The van der Waals surface area contributed by atoms with E-state index in [1.165, 1.54) is 6.07 Å². The fourth-order valence-electron chi connectivity index (χ4n) is 1.52. The Morgan fingerprint density at radius 3 is 2.57 bits per heavy atom. The number of nitrogens with two attached hydrogens (primary N) is 1. The van der Waals surface area contributed by atoms with E-state index < -0.39 is 11.7 Å². The van der Waals surface area contributed by atoms with E-state index in [1.807, 2.05) is 13.8 Å². The first-order valence-corrected chi connectivity index (χ1v) is 6.95. The van der Waals surface area contributed by atoms with Crippen LogP contribution in [0.2, 0.25) is 0 Å². The van der Waals surface area contributed by atoms with Gasteiger partial charge in [-0.15, -0.1) is 24.0 Å². The molecule has 0 amide bonds. The monoisotopic (exact) mass is 479 g/mol. The highest BCUT2D eigenvalue weighted by Gasteiger charge is 2.33. The normalized spacial score (nSPS) is 13.5. The molecule has 3 nitrogen and oxygen atoms in total. The summed E-state index contributed by atoms with van der Waals surface area (Å²) in [5, 5.41) is 2.91. The lowest BCUT2D eigenvalue weighted by atomic mass is 10.1. The van der Waals surface area contributed by atoms with Gasteiger partial charge in [0, 0.05) is 10.5 Å². The third-order valence-electron chi connectivity index (χ3n) is 2.80. The van der Waals surface area contributed by atoms with Gasteiger partial charge < -0.3 is 11.1 Å². The number of benzene rings is 1. The smallest absolute Gasteiger partial charge is 0.370 e. The number of alkyl halides is 3. The van der Waals surface area contributed by atoms with Crippen molar-refractivity contribution in [2.45, 2.75) is 39.0 Å². The van der Waals surface area contributed by atoms with Gasteiger partial charge in [-0.05, 0) is 31.0 Å². The highest BCUT2D eigenvalue weighted by atomic mass is 127. The molecule has 3 N–H and O–H groups in total. The van der Waals surface area contributed by atoms with E-state index in [2.05, 4.69) is 26.2 Å². The molecule has 1 unspecified atom stereocenters. The fraction of sp³-hybridized carbons (Fsp3) is 0.462. The van der Waals surface area contributed by atoms with Crippen LogP contribution in [0.5, 0.6) is 0 Å². The highest BCUT2D eigenvalue weighted by Crippen LogP contribution is 2.34. The predicted molar refractivity (Wildman–Crippen MR) is 92.8 cm³/mol. The molecule has 0 aliphatic rings. The van der Waals surface area contributed by atoms with Crippen LogP contribution in [0.25, 0.3) is 0 Å².